The Morgan fingerprint density at radius 1 is 1.23 bits per heavy atom. The van der Waals surface area contributed by atoms with Crippen LogP contribution >= 0.6 is 15.9 Å². The lowest BCUT2D eigenvalue weighted by Crippen LogP contribution is -2.13. The first-order valence-corrected chi connectivity index (χ1v) is 7.79. The number of fused-ring (bicyclic) bond motifs is 1. The maximum absolute atomic E-state index is 11.1. The minimum atomic E-state index is -0.265. The zero-order valence-electron chi connectivity index (χ0n) is 12.0. The van der Waals surface area contributed by atoms with Crippen LogP contribution in [-0.2, 0) is 0 Å². The molecule has 5 heteroatoms. The number of rotatable bonds is 4. The second-order valence-electron chi connectivity index (χ2n) is 5.41. The van der Waals surface area contributed by atoms with E-state index in [0.717, 1.165) is 32.1 Å². The van der Waals surface area contributed by atoms with Crippen molar-refractivity contribution in [2.24, 2.45) is 0 Å². The first-order valence-electron chi connectivity index (χ1n) is 6.99. The monoisotopic (exact) mass is 358 g/mol. The molecule has 1 atom stereocenters. The van der Waals surface area contributed by atoms with E-state index in [2.05, 4.69) is 27.0 Å². The minimum Gasteiger partial charge on any atom is -0.361 e. The molecule has 0 fully saturated rings. The molecule has 0 saturated heterocycles. The first kappa shape index (κ1) is 14.8. The summed E-state index contributed by atoms with van der Waals surface area (Å²) < 4.78 is 0.964. The average molecular weight is 359 g/mol. The molecule has 3 aromatic rings. The summed E-state index contributed by atoms with van der Waals surface area (Å²) in [5.41, 5.74) is 4.06. The molecule has 22 heavy (non-hydrogen) atoms. The van der Waals surface area contributed by atoms with Gasteiger partial charge in [0, 0.05) is 26.5 Å². The molecule has 4 nitrogen and oxygen atoms in total. The van der Waals surface area contributed by atoms with Crippen LogP contribution in [0.15, 0.2) is 53.1 Å². The van der Waals surface area contributed by atoms with Gasteiger partial charge >= 0.3 is 0 Å². The van der Waals surface area contributed by atoms with Gasteiger partial charge in [-0.1, -0.05) is 39.7 Å². The highest BCUT2D eigenvalue weighted by atomic mass is 79.9. The largest absolute Gasteiger partial charge is 0.361 e. The number of nitrogens with one attached hydrogen (secondary N) is 1. The molecule has 2 aromatic carbocycles. The fraction of sp³-hybridized carbons (Fsp3) is 0.176. The van der Waals surface area contributed by atoms with E-state index in [1.807, 2.05) is 49.5 Å². The number of hydrogen-bond acceptors (Lipinski definition) is 2. The molecule has 0 spiro atoms. The molecule has 3 rings (SSSR count). The van der Waals surface area contributed by atoms with Crippen molar-refractivity contribution in [3.63, 3.8) is 0 Å². The van der Waals surface area contributed by atoms with Gasteiger partial charge in [-0.2, -0.15) is 0 Å². The summed E-state index contributed by atoms with van der Waals surface area (Å²) in [4.78, 5) is 14.1. The van der Waals surface area contributed by atoms with Crippen LogP contribution in [0.25, 0.3) is 10.9 Å². The van der Waals surface area contributed by atoms with Crippen LogP contribution in [0.3, 0.4) is 0 Å². The molecule has 1 aromatic heterocycles. The second kappa shape index (κ2) is 5.93. The predicted octanol–water partition coefficient (Wildman–Crippen LogP) is 4.65. The topological polar surface area (TPSA) is 58.9 Å². The number of nitrogens with zero attached hydrogens (tertiary/aromatic N) is 1. The van der Waals surface area contributed by atoms with E-state index in [0.29, 0.717) is 0 Å². The van der Waals surface area contributed by atoms with Crippen molar-refractivity contribution in [3.8, 4) is 0 Å². The van der Waals surface area contributed by atoms with Crippen LogP contribution < -0.4 is 0 Å². The highest BCUT2D eigenvalue weighted by molar-refractivity contribution is 9.10. The SMILES string of the molecule is Cc1ccc2[nH]cc(C(C[N+](=O)[O-])c3ccc(Br)cc3)c2c1. The molecule has 0 amide bonds. The fourth-order valence-electron chi connectivity index (χ4n) is 2.77. The zero-order valence-corrected chi connectivity index (χ0v) is 13.6. The third-order valence-electron chi connectivity index (χ3n) is 3.85. The van der Waals surface area contributed by atoms with Crippen LogP contribution in [0.4, 0.5) is 0 Å². The summed E-state index contributed by atoms with van der Waals surface area (Å²) in [6.07, 6.45) is 1.89. The Kier molecular flexibility index (Phi) is 3.98. The van der Waals surface area contributed by atoms with Gasteiger partial charge in [0.2, 0.25) is 6.54 Å². The van der Waals surface area contributed by atoms with Gasteiger partial charge in [0.25, 0.3) is 0 Å². The van der Waals surface area contributed by atoms with Gasteiger partial charge in [0.15, 0.2) is 0 Å². The normalized spacial score (nSPS) is 12.5. The van der Waals surface area contributed by atoms with E-state index in [1.54, 1.807) is 0 Å². The third kappa shape index (κ3) is 2.90. The summed E-state index contributed by atoms with van der Waals surface area (Å²) in [5.74, 6) is -0.265. The van der Waals surface area contributed by atoms with Gasteiger partial charge in [-0.25, -0.2) is 0 Å². The smallest absolute Gasteiger partial charge is 0.214 e. The van der Waals surface area contributed by atoms with Crippen LogP contribution in [0, 0.1) is 17.0 Å². The van der Waals surface area contributed by atoms with E-state index in [1.165, 1.54) is 0 Å². The molecular weight excluding hydrogens is 344 g/mol. The van der Waals surface area contributed by atoms with Crippen molar-refractivity contribution in [3.05, 3.63) is 79.9 Å². The predicted molar refractivity (Wildman–Crippen MR) is 90.9 cm³/mol. The molecule has 0 radical (unpaired) electrons. The highest BCUT2D eigenvalue weighted by Gasteiger charge is 2.23. The maximum Gasteiger partial charge on any atom is 0.214 e. The van der Waals surface area contributed by atoms with Crippen LogP contribution in [-0.4, -0.2) is 16.5 Å². The summed E-state index contributed by atoms with van der Waals surface area (Å²) in [6, 6.07) is 13.8. The maximum atomic E-state index is 11.1. The summed E-state index contributed by atoms with van der Waals surface area (Å²) in [7, 11) is 0. The molecule has 1 heterocycles. The molecule has 0 bridgehead atoms. The standard InChI is InChI=1S/C17H15BrN2O2/c1-11-2-7-17-14(8-11)15(9-19-17)16(10-20(21)22)12-3-5-13(18)6-4-12/h2-9,16,19H,10H2,1H3. The lowest BCUT2D eigenvalue weighted by molar-refractivity contribution is -0.481. The Balaban J connectivity index is 2.13. The molecule has 0 aliphatic carbocycles. The molecule has 0 saturated carbocycles. The van der Waals surface area contributed by atoms with Crippen molar-refractivity contribution < 1.29 is 4.92 Å². The van der Waals surface area contributed by atoms with Gasteiger partial charge in [-0.3, -0.25) is 10.1 Å². The Bertz CT molecular complexity index is 824. The Hall–Kier alpha value is -2.14. The highest BCUT2D eigenvalue weighted by Crippen LogP contribution is 2.32. The van der Waals surface area contributed by atoms with Crippen molar-refractivity contribution in [2.75, 3.05) is 6.54 Å². The first-order chi connectivity index (χ1) is 10.5. The summed E-state index contributed by atoms with van der Waals surface area (Å²) in [6.45, 7) is 1.90. The second-order valence-corrected chi connectivity index (χ2v) is 6.33. The summed E-state index contributed by atoms with van der Waals surface area (Å²) in [5, 5.41) is 12.2. The van der Waals surface area contributed by atoms with Crippen molar-refractivity contribution in [2.45, 2.75) is 12.8 Å². The molecule has 112 valence electrons. The van der Waals surface area contributed by atoms with Gasteiger partial charge < -0.3 is 4.98 Å². The number of H-pyrrole nitrogens is 1. The van der Waals surface area contributed by atoms with Crippen molar-refractivity contribution in [1.82, 2.24) is 4.98 Å². The molecule has 1 N–H and O–H groups in total. The zero-order chi connectivity index (χ0) is 15.7. The number of aromatic nitrogens is 1. The lowest BCUT2D eigenvalue weighted by atomic mass is 9.91. The van der Waals surface area contributed by atoms with E-state index in [9.17, 15) is 10.1 Å². The van der Waals surface area contributed by atoms with Gasteiger partial charge in [-0.05, 0) is 42.3 Å². The van der Waals surface area contributed by atoms with Crippen LogP contribution in [0.1, 0.15) is 22.6 Å². The van der Waals surface area contributed by atoms with Crippen LogP contribution in [0.5, 0.6) is 0 Å². The Morgan fingerprint density at radius 3 is 2.64 bits per heavy atom. The number of aromatic amines is 1. The average Bonchev–Trinajstić information content (AvgIpc) is 2.88. The molecular formula is C17H15BrN2O2. The summed E-state index contributed by atoms with van der Waals surface area (Å²) >= 11 is 3.40. The van der Waals surface area contributed by atoms with Crippen molar-refractivity contribution >= 4 is 26.8 Å². The van der Waals surface area contributed by atoms with E-state index in [-0.39, 0.29) is 17.4 Å². The van der Waals surface area contributed by atoms with Gasteiger partial charge in [0.1, 0.15) is 0 Å². The number of halogens is 1. The Labute approximate surface area is 136 Å². The van der Waals surface area contributed by atoms with E-state index < -0.39 is 0 Å². The van der Waals surface area contributed by atoms with E-state index >= 15 is 0 Å². The third-order valence-corrected chi connectivity index (χ3v) is 4.38. The van der Waals surface area contributed by atoms with Crippen molar-refractivity contribution in [1.29, 1.82) is 0 Å². The Morgan fingerprint density at radius 2 is 1.95 bits per heavy atom. The fourth-order valence-corrected chi connectivity index (χ4v) is 3.04. The number of benzene rings is 2. The van der Waals surface area contributed by atoms with Gasteiger partial charge in [0.05, 0.1) is 5.92 Å². The number of aryl methyl sites for hydroxylation is 1. The van der Waals surface area contributed by atoms with Crippen LogP contribution in [0.2, 0.25) is 0 Å². The number of hydrogen-bond donors (Lipinski definition) is 1. The molecule has 0 aliphatic rings. The number of nitro groups is 1. The molecule has 0 aliphatic heterocycles. The lowest BCUT2D eigenvalue weighted by Gasteiger charge is -2.13. The quantitative estimate of drug-likeness (QED) is 0.545. The minimum absolute atomic E-state index is 0.122. The van der Waals surface area contributed by atoms with Gasteiger partial charge in [-0.15, -0.1) is 0 Å². The van der Waals surface area contributed by atoms with E-state index in [4.69, 9.17) is 0 Å². The molecule has 1 unspecified atom stereocenters.